The summed E-state index contributed by atoms with van der Waals surface area (Å²) in [6.07, 6.45) is 0.354. The topological polar surface area (TPSA) is 80.3 Å². The number of likely N-dealkylation sites (tertiary alicyclic amines) is 1. The zero-order chi connectivity index (χ0) is 19.9. The number of piperidine rings is 1. The van der Waals surface area contributed by atoms with Gasteiger partial charge in [0.05, 0.1) is 18.3 Å². The first-order chi connectivity index (χ1) is 13.2. The third kappa shape index (κ3) is 3.97. The van der Waals surface area contributed by atoms with Crippen LogP contribution in [0.15, 0.2) is 39.4 Å². The summed E-state index contributed by atoms with van der Waals surface area (Å²) >= 11 is 0.906. The fraction of sp³-hybridized carbons (Fsp3) is 0.444. The van der Waals surface area contributed by atoms with E-state index in [1.807, 2.05) is 0 Å². The summed E-state index contributed by atoms with van der Waals surface area (Å²) in [5.41, 5.74) is 5.79. The molecule has 2 aliphatic heterocycles. The lowest BCUT2D eigenvalue weighted by molar-refractivity contribution is -0.143. The molecule has 0 aliphatic carbocycles. The number of nitrogens with two attached hydrogens (primary N) is 1. The minimum atomic E-state index is -4.52. The molecule has 2 aliphatic rings. The molecule has 4 heterocycles. The molecule has 0 saturated carbocycles. The van der Waals surface area contributed by atoms with Crippen LogP contribution in [-0.4, -0.2) is 44.3 Å². The maximum atomic E-state index is 13.1. The van der Waals surface area contributed by atoms with E-state index in [-0.39, 0.29) is 10.4 Å². The smallest absolute Gasteiger partial charge is 0.360 e. The van der Waals surface area contributed by atoms with E-state index in [0.29, 0.717) is 23.0 Å². The van der Waals surface area contributed by atoms with Crippen LogP contribution in [-0.2, 0) is 12.6 Å². The van der Waals surface area contributed by atoms with E-state index in [2.05, 4.69) is 31.8 Å². The van der Waals surface area contributed by atoms with Gasteiger partial charge in [-0.25, -0.2) is 15.0 Å². The van der Waals surface area contributed by atoms with E-state index in [9.17, 15) is 13.2 Å². The Morgan fingerprint density at radius 1 is 1.21 bits per heavy atom. The van der Waals surface area contributed by atoms with Crippen LogP contribution in [0.5, 0.6) is 0 Å². The van der Waals surface area contributed by atoms with E-state index < -0.39 is 11.9 Å². The molecule has 28 heavy (non-hydrogen) atoms. The summed E-state index contributed by atoms with van der Waals surface area (Å²) in [4.78, 5) is 19.0. The minimum absolute atomic E-state index is 0.00153. The van der Waals surface area contributed by atoms with Crippen LogP contribution in [0.4, 0.5) is 19.0 Å². The van der Waals surface area contributed by atoms with Crippen molar-refractivity contribution >= 4 is 23.4 Å². The van der Waals surface area contributed by atoms with Crippen LogP contribution < -0.4 is 5.73 Å². The van der Waals surface area contributed by atoms with Crippen molar-refractivity contribution in [2.24, 2.45) is 10.7 Å². The average molecular weight is 408 g/mol. The quantitative estimate of drug-likeness (QED) is 0.820. The molecule has 2 aromatic rings. The van der Waals surface area contributed by atoms with Gasteiger partial charge < -0.3 is 10.6 Å². The number of amidine groups is 1. The molecule has 2 N–H and O–H groups in total. The lowest BCUT2D eigenvalue weighted by Crippen LogP contribution is -2.49. The molecule has 148 valence electrons. The molecular weight excluding hydrogens is 389 g/mol. The first-order valence-electron chi connectivity index (χ1n) is 8.89. The summed E-state index contributed by atoms with van der Waals surface area (Å²) in [6, 6.07) is 2.86. The van der Waals surface area contributed by atoms with Crippen molar-refractivity contribution in [1.82, 2.24) is 19.9 Å². The summed E-state index contributed by atoms with van der Waals surface area (Å²) in [7, 11) is 0. The number of halogens is 3. The van der Waals surface area contributed by atoms with Gasteiger partial charge in [0.25, 0.3) is 0 Å². The molecule has 0 atom stereocenters. The molecule has 4 rings (SSSR count). The van der Waals surface area contributed by atoms with Crippen LogP contribution in [0.1, 0.15) is 31.2 Å². The fourth-order valence-electron chi connectivity index (χ4n) is 3.23. The number of hydrogen-bond donors (Lipinski definition) is 1. The summed E-state index contributed by atoms with van der Waals surface area (Å²) in [5.74, 6) is 1.42. The SMILES string of the molecule is CC1(N)CCN(C2=Nc3ncc(Sc4cccnc4C(F)(F)F)nc3C2)CC1. The zero-order valence-corrected chi connectivity index (χ0v) is 16.0. The molecule has 2 aromatic heterocycles. The van der Waals surface area contributed by atoms with E-state index in [0.717, 1.165) is 49.7 Å². The Balaban J connectivity index is 1.49. The van der Waals surface area contributed by atoms with Crippen LogP contribution >= 0.6 is 11.8 Å². The van der Waals surface area contributed by atoms with Crippen molar-refractivity contribution in [3.8, 4) is 0 Å². The molecule has 0 spiro atoms. The summed E-state index contributed by atoms with van der Waals surface area (Å²) < 4.78 is 39.4. The molecule has 6 nitrogen and oxygen atoms in total. The Morgan fingerprint density at radius 3 is 2.68 bits per heavy atom. The number of nitrogens with zero attached hydrogens (tertiary/aromatic N) is 5. The number of alkyl halides is 3. The summed E-state index contributed by atoms with van der Waals surface area (Å²) in [6.45, 7) is 3.70. The van der Waals surface area contributed by atoms with Gasteiger partial charge in [-0.1, -0.05) is 11.8 Å². The van der Waals surface area contributed by atoms with Gasteiger partial charge in [0.1, 0.15) is 10.9 Å². The minimum Gasteiger partial charge on any atom is -0.360 e. The predicted molar refractivity (Wildman–Crippen MR) is 99.6 cm³/mol. The molecule has 1 fully saturated rings. The monoisotopic (exact) mass is 408 g/mol. The molecule has 0 amide bonds. The molecule has 0 bridgehead atoms. The van der Waals surface area contributed by atoms with Crippen molar-refractivity contribution in [3.63, 3.8) is 0 Å². The lowest BCUT2D eigenvalue weighted by Gasteiger charge is -2.37. The maximum Gasteiger partial charge on any atom is 0.434 e. The van der Waals surface area contributed by atoms with Crippen molar-refractivity contribution in [3.05, 3.63) is 35.9 Å². The highest BCUT2D eigenvalue weighted by molar-refractivity contribution is 7.99. The Hall–Kier alpha value is -2.20. The van der Waals surface area contributed by atoms with Gasteiger partial charge in [0.15, 0.2) is 11.5 Å². The third-order valence-electron chi connectivity index (χ3n) is 4.89. The highest BCUT2D eigenvalue weighted by atomic mass is 32.2. The highest BCUT2D eigenvalue weighted by Crippen LogP contribution is 2.38. The Morgan fingerprint density at radius 2 is 1.96 bits per heavy atom. The largest absolute Gasteiger partial charge is 0.434 e. The van der Waals surface area contributed by atoms with Gasteiger partial charge in [-0.2, -0.15) is 13.2 Å². The van der Waals surface area contributed by atoms with Gasteiger partial charge in [-0.05, 0) is 31.9 Å². The van der Waals surface area contributed by atoms with Crippen molar-refractivity contribution in [1.29, 1.82) is 0 Å². The standard InChI is InChI=1S/C18H19F3N6S/c1-17(22)4-7-27(8-5-17)13-9-11-16(26-13)24-10-14(25-11)28-12-3-2-6-23-15(12)18(19,20)21/h2-3,6,10H,4-5,7-9,22H2,1H3. The number of fused-ring (bicyclic) bond motifs is 1. The second-order valence-corrected chi connectivity index (χ2v) is 8.34. The van der Waals surface area contributed by atoms with E-state index in [4.69, 9.17) is 5.73 Å². The first kappa shape index (κ1) is 19.1. The molecule has 10 heteroatoms. The van der Waals surface area contributed by atoms with Crippen molar-refractivity contribution in [2.75, 3.05) is 13.1 Å². The maximum absolute atomic E-state index is 13.1. The fourth-order valence-corrected chi connectivity index (χ4v) is 4.13. The predicted octanol–water partition coefficient (Wildman–Crippen LogP) is 3.44. The van der Waals surface area contributed by atoms with Crippen LogP contribution in [0, 0.1) is 0 Å². The Kier molecular flexibility index (Phi) is 4.78. The summed E-state index contributed by atoms with van der Waals surface area (Å²) in [5, 5.41) is 0.391. The lowest BCUT2D eigenvalue weighted by atomic mass is 9.91. The van der Waals surface area contributed by atoms with Gasteiger partial charge in [0.2, 0.25) is 0 Å². The number of hydrogen-bond acceptors (Lipinski definition) is 7. The number of aromatic nitrogens is 3. The number of aliphatic imine (C=N–C) groups is 1. The molecule has 1 saturated heterocycles. The Bertz CT molecular complexity index is 918. The van der Waals surface area contributed by atoms with Crippen molar-refractivity contribution in [2.45, 2.75) is 47.8 Å². The Labute approximate surface area is 164 Å². The van der Waals surface area contributed by atoms with Crippen LogP contribution in [0.3, 0.4) is 0 Å². The average Bonchev–Trinajstić information content (AvgIpc) is 3.04. The van der Waals surface area contributed by atoms with Gasteiger partial charge in [-0.3, -0.25) is 4.98 Å². The number of rotatable bonds is 2. The van der Waals surface area contributed by atoms with Gasteiger partial charge in [-0.15, -0.1) is 0 Å². The molecule has 0 aromatic carbocycles. The highest BCUT2D eigenvalue weighted by Gasteiger charge is 2.36. The van der Waals surface area contributed by atoms with E-state index >= 15 is 0 Å². The molecule has 0 unspecified atom stereocenters. The molecule has 0 radical (unpaired) electrons. The van der Waals surface area contributed by atoms with Crippen molar-refractivity contribution < 1.29 is 13.2 Å². The van der Waals surface area contributed by atoms with Gasteiger partial charge in [0, 0.05) is 29.7 Å². The molecular formula is C18H19F3N6S. The van der Waals surface area contributed by atoms with E-state index in [1.54, 1.807) is 0 Å². The van der Waals surface area contributed by atoms with E-state index in [1.165, 1.54) is 18.3 Å². The second kappa shape index (κ2) is 7.00. The third-order valence-corrected chi connectivity index (χ3v) is 5.84. The number of pyridine rings is 1. The van der Waals surface area contributed by atoms with Crippen LogP contribution in [0.2, 0.25) is 0 Å². The second-order valence-electron chi connectivity index (χ2n) is 7.27. The zero-order valence-electron chi connectivity index (χ0n) is 15.2. The van der Waals surface area contributed by atoms with Crippen LogP contribution in [0.25, 0.3) is 0 Å². The normalized spacial score (nSPS) is 18.8. The first-order valence-corrected chi connectivity index (χ1v) is 9.70. The van der Waals surface area contributed by atoms with Gasteiger partial charge >= 0.3 is 6.18 Å².